The SMILES string of the molecule is CC(C)(C)CCc1cc[c-]cn1.C[C-](C)C.[V+2].[V].[V]. The Hall–Kier alpha value is 0.903. The molecule has 1 aromatic rings. The molecule has 0 aromatic carbocycles. The van der Waals surface area contributed by atoms with Crippen LogP contribution in [0.4, 0.5) is 0 Å². The van der Waals surface area contributed by atoms with Gasteiger partial charge >= 0.3 is 18.6 Å². The standard InChI is InChI=1S/C11H16N.C4H9.3V/c1-11(2,3)8-7-10-6-4-5-9-12-10;1-4(2)3;;;/h4,6,9H,7-8H2,1-3H3;1-3H3;;;/q2*-1;;;+2. The smallest absolute Gasteiger partial charge is 0.323 e. The van der Waals surface area contributed by atoms with E-state index in [9.17, 15) is 0 Å². The Labute approximate surface area is 155 Å². The number of hydrogen-bond donors (Lipinski definition) is 0. The molecule has 0 aliphatic carbocycles. The zero-order valence-electron chi connectivity index (χ0n) is 12.9. The molecule has 1 heterocycles. The van der Waals surface area contributed by atoms with Gasteiger partial charge in [0.1, 0.15) is 0 Å². The number of aryl methyl sites for hydroxylation is 1. The van der Waals surface area contributed by atoms with E-state index in [0.29, 0.717) is 5.41 Å². The van der Waals surface area contributed by atoms with E-state index in [0.717, 1.165) is 6.42 Å². The summed E-state index contributed by atoms with van der Waals surface area (Å²) in [5.74, 6) is 1.42. The van der Waals surface area contributed by atoms with Crippen molar-refractivity contribution in [1.82, 2.24) is 4.98 Å². The van der Waals surface area contributed by atoms with Crippen LogP contribution in [0.25, 0.3) is 0 Å². The summed E-state index contributed by atoms with van der Waals surface area (Å²) in [5.41, 5.74) is 1.57. The first-order valence-electron chi connectivity index (χ1n) is 5.89. The molecule has 4 heteroatoms. The van der Waals surface area contributed by atoms with Gasteiger partial charge in [0, 0.05) is 37.1 Å². The van der Waals surface area contributed by atoms with Crippen molar-refractivity contribution in [3.63, 3.8) is 0 Å². The van der Waals surface area contributed by atoms with Gasteiger partial charge in [0.05, 0.1) is 0 Å². The third kappa shape index (κ3) is 24.3. The number of aromatic nitrogens is 1. The summed E-state index contributed by atoms with van der Waals surface area (Å²) in [6.07, 6.45) is 3.99. The third-order valence-corrected chi connectivity index (χ3v) is 1.81. The average molecular weight is 372 g/mol. The van der Waals surface area contributed by atoms with Gasteiger partial charge in [-0.2, -0.15) is 26.8 Å². The van der Waals surface area contributed by atoms with Gasteiger partial charge in [-0.15, -0.1) is 0 Å². The molecule has 1 aromatic heterocycles. The molecular weight excluding hydrogens is 347 g/mol. The van der Waals surface area contributed by atoms with Crippen LogP contribution in [0.2, 0.25) is 0 Å². The average Bonchev–Trinajstić information content (AvgIpc) is 2.14. The predicted molar refractivity (Wildman–Crippen MR) is 71.1 cm³/mol. The van der Waals surface area contributed by atoms with Gasteiger partial charge in [-0.05, 0) is 24.0 Å². The molecule has 0 saturated heterocycles. The monoisotopic (exact) mass is 372 g/mol. The van der Waals surface area contributed by atoms with E-state index in [4.69, 9.17) is 0 Å². The number of hydrogen-bond acceptors (Lipinski definition) is 1. The van der Waals surface area contributed by atoms with Crippen LogP contribution in [0.3, 0.4) is 0 Å². The Morgan fingerprint density at radius 1 is 1.16 bits per heavy atom. The van der Waals surface area contributed by atoms with Crippen LogP contribution in [0.15, 0.2) is 18.3 Å². The topological polar surface area (TPSA) is 12.9 Å². The molecule has 19 heavy (non-hydrogen) atoms. The van der Waals surface area contributed by atoms with Crippen molar-refractivity contribution in [2.45, 2.75) is 54.4 Å². The first-order chi connectivity index (χ1) is 7.31. The van der Waals surface area contributed by atoms with Crippen LogP contribution >= 0.6 is 0 Å². The van der Waals surface area contributed by atoms with Crippen LogP contribution < -0.4 is 0 Å². The van der Waals surface area contributed by atoms with Gasteiger partial charge in [-0.1, -0.05) is 27.0 Å². The molecule has 1 nitrogen and oxygen atoms in total. The second kappa shape index (κ2) is 15.3. The Morgan fingerprint density at radius 3 is 1.95 bits per heavy atom. The zero-order valence-corrected chi connectivity index (χ0v) is 17.1. The van der Waals surface area contributed by atoms with Gasteiger partial charge in [0.15, 0.2) is 0 Å². The zero-order chi connectivity index (χ0) is 12.6. The molecule has 0 aliphatic heterocycles. The van der Waals surface area contributed by atoms with E-state index >= 15 is 0 Å². The number of pyridine rings is 1. The fraction of sp³-hybridized carbons (Fsp3) is 0.600. The fourth-order valence-electron chi connectivity index (χ4n) is 1.00. The fourth-order valence-corrected chi connectivity index (χ4v) is 1.00. The summed E-state index contributed by atoms with van der Waals surface area (Å²) in [7, 11) is 0. The molecule has 0 spiro atoms. The van der Waals surface area contributed by atoms with E-state index < -0.39 is 0 Å². The van der Waals surface area contributed by atoms with E-state index in [1.54, 1.807) is 6.20 Å². The first kappa shape index (κ1) is 28.1. The largest absolute Gasteiger partial charge is 2.00 e. The van der Waals surface area contributed by atoms with Gasteiger partial charge in [-0.25, -0.2) is 12.1 Å². The maximum atomic E-state index is 4.23. The number of rotatable bonds is 2. The van der Waals surface area contributed by atoms with Gasteiger partial charge in [0.25, 0.3) is 0 Å². The summed E-state index contributed by atoms with van der Waals surface area (Å²) in [4.78, 5) is 4.23. The molecule has 0 atom stereocenters. The molecule has 3 radical (unpaired) electrons. The van der Waals surface area contributed by atoms with Crippen LogP contribution in [-0.2, 0) is 62.1 Å². The maximum Gasteiger partial charge on any atom is 2.00 e. The van der Waals surface area contributed by atoms with Crippen LogP contribution in [0.1, 0.15) is 53.7 Å². The van der Waals surface area contributed by atoms with Gasteiger partial charge in [0.2, 0.25) is 0 Å². The van der Waals surface area contributed by atoms with Crippen LogP contribution in [0.5, 0.6) is 0 Å². The predicted octanol–water partition coefficient (Wildman–Crippen LogP) is 4.47. The molecule has 0 amide bonds. The van der Waals surface area contributed by atoms with E-state index in [-0.39, 0.29) is 55.7 Å². The summed E-state index contributed by atoms with van der Waals surface area (Å²) in [6, 6.07) is 6.87. The van der Waals surface area contributed by atoms with E-state index in [2.05, 4.69) is 52.6 Å². The summed E-state index contributed by atoms with van der Waals surface area (Å²) < 4.78 is 0. The van der Waals surface area contributed by atoms with Crippen molar-refractivity contribution in [2.75, 3.05) is 0 Å². The number of nitrogens with zero attached hydrogens (tertiary/aromatic N) is 1. The second-order valence-electron chi connectivity index (χ2n) is 5.81. The first-order valence-corrected chi connectivity index (χ1v) is 5.89. The molecule has 105 valence electrons. The molecule has 0 N–H and O–H groups in total. The van der Waals surface area contributed by atoms with Crippen molar-refractivity contribution in [3.8, 4) is 0 Å². The minimum absolute atomic E-state index is 0. The molecule has 0 fully saturated rings. The van der Waals surface area contributed by atoms with Gasteiger partial charge in [-0.3, -0.25) is 0 Å². The van der Waals surface area contributed by atoms with Crippen molar-refractivity contribution >= 4 is 0 Å². The van der Waals surface area contributed by atoms with E-state index in [1.807, 2.05) is 12.1 Å². The van der Waals surface area contributed by atoms with Crippen molar-refractivity contribution < 1.29 is 55.7 Å². The molecule has 0 bridgehead atoms. The normalized spacial score (nSPS) is 9.21. The van der Waals surface area contributed by atoms with Crippen molar-refractivity contribution in [3.05, 3.63) is 36.0 Å². The molecule has 1 rings (SSSR count). The summed E-state index contributed by atoms with van der Waals surface area (Å²) in [6.45, 7) is 13.0. The summed E-state index contributed by atoms with van der Waals surface area (Å²) in [5, 5.41) is 0. The molecule has 0 saturated carbocycles. The Morgan fingerprint density at radius 2 is 1.63 bits per heavy atom. The van der Waals surface area contributed by atoms with Crippen molar-refractivity contribution in [1.29, 1.82) is 0 Å². The Balaban J connectivity index is -0.000000144. The Bertz CT molecular complexity index is 266. The maximum absolute atomic E-state index is 4.23. The second-order valence-corrected chi connectivity index (χ2v) is 5.81. The minimum atomic E-state index is 0. The van der Waals surface area contributed by atoms with Gasteiger partial charge < -0.3 is 10.9 Å². The minimum Gasteiger partial charge on any atom is -0.323 e. The molecule has 0 unspecified atom stereocenters. The van der Waals surface area contributed by atoms with Crippen LogP contribution in [0, 0.1) is 17.4 Å². The molecular formula is C15H25NV3. The third-order valence-electron chi connectivity index (χ3n) is 1.81. The Kier molecular flexibility index (Phi) is 22.6. The van der Waals surface area contributed by atoms with Crippen LogP contribution in [-0.4, -0.2) is 4.98 Å². The van der Waals surface area contributed by atoms with E-state index in [1.165, 1.54) is 18.0 Å². The molecule has 0 aliphatic rings. The quantitative estimate of drug-likeness (QED) is 0.698. The summed E-state index contributed by atoms with van der Waals surface area (Å²) >= 11 is 0. The van der Waals surface area contributed by atoms with Crippen molar-refractivity contribution in [2.24, 2.45) is 5.41 Å².